The lowest BCUT2D eigenvalue weighted by molar-refractivity contribution is 0.680. The number of benzene rings is 1. The minimum absolute atomic E-state index is 0.771. The van der Waals surface area contributed by atoms with E-state index in [1.165, 1.54) is 25.7 Å². The molecule has 2 rings (SSSR count). The van der Waals surface area contributed by atoms with Crippen molar-refractivity contribution in [2.24, 2.45) is 0 Å². The highest BCUT2D eigenvalue weighted by molar-refractivity contribution is 9.10. The molecule has 1 aromatic heterocycles. The molecule has 0 fully saturated rings. The summed E-state index contributed by atoms with van der Waals surface area (Å²) in [6, 6.07) is 6.19. The Labute approximate surface area is 135 Å². The lowest BCUT2D eigenvalue weighted by atomic mass is 10.1. The quantitative estimate of drug-likeness (QED) is 0.765. The minimum Gasteiger partial charge on any atom is -0.396 e. The van der Waals surface area contributed by atoms with Crippen LogP contribution < -0.4 is 10.6 Å². The molecule has 0 saturated heterocycles. The van der Waals surface area contributed by atoms with Crippen LogP contribution in [0.4, 0.5) is 11.4 Å². The molecule has 0 radical (unpaired) electrons. The van der Waals surface area contributed by atoms with Gasteiger partial charge in [-0.25, -0.2) is 0 Å². The number of nitrogen functional groups attached to an aromatic ring is 1. The number of halogens is 1. The molecule has 0 amide bonds. The number of anilines is 2. The lowest BCUT2D eigenvalue weighted by Crippen LogP contribution is -2.26. The molecule has 0 aliphatic heterocycles. The third kappa shape index (κ3) is 3.88. The maximum absolute atomic E-state index is 6.26. The molecular weight excluding hydrogens is 326 g/mol. The summed E-state index contributed by atoms with van der Waals surface area (Å²) in [5.41, 5.74) is 9.17. The van der Waals surface area contributed by atoms with Crippen molar-refractivity contribution in [3.63, 3.8) is 0 Å². The number of nitrogens with two attached hydrogens (primary N) is 1. The standard InChI is InChI=1S/C17H24BrN3/c1-3-5-9-21(10-6-4-2)17-14-11-13(18)7-8-16(14)20-12-15(17)19/h7-8,11-12H,3-6,9-10,19H2,1-2H3. The molecule has 0 aliphatic rings. The van der Waals surface area contributed by atoms with Crippen LogP contribution in [0.25, 0.3) is 10.9 Å². The van der Waals surface area contributed by atoms with Crippen molar-refractivity contribution in [1.29, 1.82) is 0 Å². The van der Waals surface area contributed by atoms with Crippen LogP contribution in [-0.2, 0) is 0 Å². The zero-order valence-corrected chi connectivity index (χ0v) is 14.5. The summed E-state index contributed by atoms with van der Waals surface area (Å²) in [5, 5.41) is 1.14. The molecule has 2 N–H and O–H groups in total. The van der Waals surface area contributed by atoms with Gasteiger partial charge >= 0.3 is 0 Å². The molecule has 0 atom stereocenters. The summed E-state index contributed by atoms with van der Waals surface area (Å²) >= 11 is 3.56. The molecule has 1 aromatic carbocycles. The predicted octanol–water partition coefficient (Wildman–Crippen LogP) is 4.99. The Balaban J connectivity index is 2.48. The van der Waals surface area contributed by atoms with Crippen molar-refractivity contribution in [2.75, 3.05) is 23.7 Å². The van der Waals surface area contributed by atoms with Gasteiger partial charge in [-0.15, -0.1) is 0 Å². The van der Waals surface area contributed by atoms with E-state index in [-0.39, 0.29) is 0 Å². The van der Waals surface area contributed by atoms with Gasteiger partial charge in [0.05, 0.1) is 23.1 Å². The van der Waals surface area contributed by atoms with Gasteiger partial charge in [-0.05, 0) is 31.0 Å². The van der Waals surface area contributed by atoms with Gasteiger partial charge in [0.25, 0.3) is 0 Å². The van der Waals surface area contributed by atoms with Crippen molar-refractivity contribution >= 4 is 38.2 Å². The fourth-order valence-corrected chi connectivity index (χ4v) is 2.91. The number of rotatable bonds is 7. The monoisotopic (exact) mass is 349 g/mol. The molecule has 3 nitrogen and oxygen atoms in total. The van der Waals surface area contributed by atoms with Gasteiger partial charge in [0.15, 0.2) is 0 Å². The molecule has 21 heavy (non-hydrogen) atoms. The second-order valence-electron chi connectivity index (χ2n) is 5.42. The first-order valence-corrected chi connectivity index (χ1v) is 8.55. The van der Waals surface area contributed by atoms with Crippen LogP contribution in [0.15, 0.2) is 28.9 Å². The first kappa shape index (κ1) is 16.1. The summed E-state index contributed by atoms with van der Waals surface area (Å²) in [6.45, 7) is 6.55. The summed E-state index contributed by atoms with van der Waals surface area (Å²) in [6.07, 6.45) is 6.53. The first-order valence-electron chi connectivity index (χ1n) is 7.76. The Kier molecular flexibility index (Phi) is 5.85. The van der Waals surface area contributed by atoms with Crippen LogP contribution in [0.5, 0.6) is 0 Å². The van der Waals surface area contributed by atoms with Crippen LogP contribution in [0.1, 0.15) is 39.5 Å². The normalized spacial score (nSPS) is 11.0. The number of hydrogen-bond donors (Lipinski definition) is 1. The molecule has 0 saturated carbocycles. The Morgan fingerprint density at radius 1 is 1.14 bits per heavy atom. The average molecular weight is 350 g/mol. The summed E-state index contributed by atoms with van der Waals surface area (Å²) in [7, 11) is 0. The Morgan fingerprint density at radius 2 is 1.81 bits per heavy atom. The maximum Gasteiger partial charge on any atom is 0.0745 e. The Bertz CT molecular complexity index is 585. The van der Waals surface area contributed by atoms with E-state index in [0.717, 1.165) is 39.8 Å². The number of unbranched alkanes of at least 4 members (excludes halogenated alkanes) is 2. The first-order chi connectivity index (χ1) is 10.2. The van der Waals surface area contributed by atoms with Gasteiger partial charge in [0.2, 0.25) is 0 Å². The molecular formula is C17H24BrN3. The van der Waals surface area contributed by atoms with E-state index in [1.54, 1.807) is 6.20 Å². The summed E-state index contributed by atoms with van der Waals surface area (Å²) in [4.78, 5) is 6.88. The van der Waals surface area contributed by atoms with Crippen LogP contribution in [-0.4, -0.2) is 18.1 Å². The van der Waals surface area contributed by atoms with Crippen LogP contribution >= 0.6 is 15.9 Å². The molecule has 0 spiro atoms. The highest BCUT2D eigenvalue weighted by Crippen LogP contribution is 2.33. The van der Waals surface area contributed by atoms with Gasteiger partial charge < -0.3 is 10.6 Å². The maximum atomic E-state index is 6.26. The van der Waals surface area contributed by atoms with Gasteiger partial charge in [-0.3, -0.25) is 4.98 Å². The fraction of sp³-hybridized carbons (Fsp3) is 0.471. The number of hydrogen-bond acceptors (Lipinski definition) is 3. The van der Waals surface area contributed by atoms with Gasteiger partial charge in [-0.2, -0.15) is 0 Å². The van der Waals surface area contributed by atoms with Crippen molar-refractivity contribution in [3.05, 3.63) is 28.9 Å². The Morgan fingerprint density at radius 3 is 2.43 bits per heavy atom. The number of aromatic nitrogens is 1. The molecule has 1 heterocycles. The predicted molar refractivity (Wildman–Crippen MR) is 95.9 cm³/mol. The zero-order valence-electron chi connectivity index (χ0n) is 12.9. The Hall–Kier alpha value is -1.29. The largest absolute Gasteiger partial charge is 0.396 e. The van der Waals surface area contributed by atoms with Gasteiger partial charge in [0, 0.05) is 22.9 Å². The molecule has 4 heteroatoms. The number of fused-ring (bicyclic) bond motifs is 1. The van der Waals surface area contributed by atoms with E-state index in [9.17, 15) is 0 Å². The topological polar surface area (TPSA) is 42.1 Å². The van der Waals surface area contributed by atoms with Gasteiger partial charge in [-0.1, -0.05) is 42.6 Å². The van der Waals surface area contributed by atoms with Crippen LogP contribution in [0.3, 0.4) is 0 Å². The van der Waals surface area contributed by atoms with Crippen molar-refractivity contribution in [2.45, 2.75) is 39.5 Å². The molecule has 2 aromatic rings. The average Bonchev–Trinajstić information content (AvgIpc) is 2.48. The van der Waals surface area contributed by atoms with E-state index in [1.807, 2.05) is 12.1 Å². The highest BCUT2D eigenvalue weighted by atomic mass is 79.9. The van der Waals surface area contributed by atoms with E-state index >= 15 is 0 Å². The van der Waals surface area contributed by atoms with E-state index in [2.05, 4.69) is 45.7 Å². The van der Waals surface area contributed by atoms with Gasteiger partial charge in [0.1, 0.15) is 0 Å². The van der Waals surface area contributed by atoms with Crippen molar-refractivity contribution < 1.29 is 0 Å². The van der Waals surface area contributed by atoms with Crippen LogP contribution in [0.2, 0.25) is 0 Å². The summed E-state index contributed by atoms with van der Waals surface area (Å²) < 4.78 is 1.06. The molecule has 0 aliphatic carbocycles. The molecule has 114 valence electrons. The molecule has 0 bridgehead atoms. The van der Waals surface area contributed by atoms with Crippen molar-refractivity contribution in [1.82, 2.24) is 4.98 Å². The second-order valence-corrected chi connectivity index (χ2v) is 6.33. The van der Waals surface area contributed by atoms with E-state index < -0.39 is 0 Å². The second kappa shape index (κ2) is 7.64. The lowest BCUT2D eigenvalue weighted by Gasteiger charge is -2.27. The third-order valence-corrected chi connectivity index (χ3v) is 4.20. The smallest absolute Gasteiger partial charge is 0.0745 e. The van der Waals surface area contributed by atoms with Crippen molar-refractivity contribution in [3.8, 4) is 0 Å². The van der Waals surface area contributed by atoms with Crippen LogP contribution in [0, 0.1) is 0 Å². The van der Waals surface area contributed by atoms with E-state index in [4.69, 9.17) is 5.73 Å². The fourth-order valence-electron chi connectivity index (χ4n) is 2.55. The number of pyridine rings is 1. The SMILES string of the molecule is CCCCN(CCCC)c1c(N)cnc2ccc(Br)cc12. The summed E-state index contributed by atoms with van der Waals surface area (Å²) in [5.74, 6) is 0. The number of nitrogens with zero attached hydrogens (tertiary/aromatic N) is 2. The molecule has 0 unspecified atom stereocenters. The third-order valence-electron chi connectivity index (χ3n) is 3.71. The van der Waals surface area contributed by atoms with E-state index in [0.29, 0.717) is 0 Å². The zero-order chi connectivity index (χ0) is 15.2. The minimum atomic E-state index is 0.771. The highest BCUT2D eigenvalue weighted by Gasteiger charge is 2.14.